The van der Waals surface area contributed by atoms with Crippen LogP contribution in [0, 0.1) is 5.82 Å². The molecule has 3 N–H and O–H groups in total. The van der Waals surface area contributed by atoms with Gasteiger partial charge in [0.25, 0.3) is 0 Å². The average Bonchev–Trinajstić information content (AvgIpc) is 1.96. The molecule has 0 aliphatic heterocycles. The van der Waals surface area contributed by atoms with Gasteiger partial charge in [-0.2, -0.15) is 0 Å². The molecule has 0 saturated heterocycles. The molecule has 0 atom stereocenters. The summed E-state index contributed by atoms with van der Waals surface area (Å²) in [4.78, 5) is 10.4. The highest BCUT2D eigenvalue weighted by molar-refractivity contribution is 7.80. The molecule has 1 aromatic rings. The Balaban J connectivity index is 3.33. The Hall–Kier alpha value is -1.23. The molecule has 0 unspecified atom stereocenters. The molecule has 0 aliphatic rings. The second-order valence-corrected chi connectivity index (χ2v) is 2.68. The SMILES string of the molecule is Nc1cc(F)c(S)cc1C(=O)O. The number of carboxylic acids is 1. The third kappa shape index (κ3) is 1.50. The Morgan fingerprint density at radius 3 is 2.67 bits per heavy atom. The van der Waals surface area contributed by atoms with E-state index in [1.54, 1.807) is 0 Å². The van der Waals surface area contributed by atoms with Crippen LogP contribution in [0.15, 0.2) is 17.0 Å². The number of nitrogens with two attached hydrogens (primary N) is 1. The molecule has 0 aromatic heterocycles. The Labute approximate surface area is 73.4 Å². The fraction of sp³-hybridized carbons (Fsp3) is 0. The zero-order chi connectivity index (χ0) is 9.30. The van der Waals surface area contributed by atoms with Gasteiger partial charge >= 0.3 is 5.97 Å². The minimum atomic E-state index is -1.19. The first-order valence-corrected chi connectivity index (χ1v) is 3.48. The molecule has 5 heteroatoms. The third-order valence-electron chi connectivity index (χ3n) is 1.35. The topological polar surface area (TPSA) is 63.3 Å². The second kappa shape index (κ2) is 3.02. The van der Waals surface area contributed by atoms with E-state index in [1.807, 2.05) is 0 Å². The van der Waals surface area contributed by atoms with Gasteiger partial charge in [0.15, 0.2) is 0 Å². The summed E-state index contributed by atoms with van der Waals surface area (Å²) in [5.41, 5.74) is 5.00. The lowest BCUT2D eigenvalue weighted by atomic mass is 10.2. The van der Waals surface area contributed by atoms with Crippen molar-refractivity contribution in [1.82, 2.24) is 0 Å². The van der Waals surface area contributed by atoms with E-state index in [-0.39, 0.29) is 16.1 Å². The normalized spacial score (nSPS) is 9.83. The number of rotatable bonds is 1. The van der Waals surface area contributed by atoms with E-state index < -0.39 is 11.8 Å². The largest absolute Gasteiger partial charge is 0.478 e. The van der Waals surface area contributed by atoms with Crippen molar-refractivity contribution in [2.45, 2.75) is 4.90 Å². The maximum Gasteiger partial charge on any atom is 0.337 e. The van der Waals surface area contributed by atoms with Crippen LogP contribution < -0.4 is 5.73 Å². The van der Waals surface area contributed by atoms with Crippen molar-refractivity contribution in [3.05, 3.63) is 23.5 Å². The van der Waals surface area contributed by atoms with Crippen LogP contribution in [-0.2, 0) is 0 Å². The van der Waals surface area contributed by atoms with Crippen LogP contribution in [0.25, 0.3) is 0 Å². The third-order valence-corrected chi connectivity index (χ3v) is 1.69. The van der Waals surface area contributed by atoms with Gasteiger partial charge in [-0.05, 0) is 12.1 Å². The van der Waals surface area contributed by atoms with Gasteiger partial charge < -0.3 is 10.8 Å². The van der Waals surface area contributed by atoms with E-state index in [2.05, 4.69) is 12.6 Å². The lowest BCUT2D eigenvalue weighted by Crippen LogP contribution is -2.03. The van der Waals surface area contributed by atoms with Gasteiger partial charge in [-0.1, -0.05) is 0 Å². The average molecular weight is 187 g/mol. The van der Waals surface area contributed by atoms with Gasteiger partial charge in [0, 0.05) is 10.6 Å². The smallest absolute Gasteiger partial charge is 0.337 e. The van der Waals surface area contributed by atoms with Crippen molar-refractivity contribution < 1.29 is 14.3 Å². The maximum absolute atomic E-state index is 12.7. The van der Waals surface area contributed by atoms with E-state index in [4.69, 9.17) is 10.8 Å². The minimum Gasteiger partial charge on any atom is -0.478 e. The van der Waals surface area contributed by atoms with Gasteiger partial charge in [-0.25, -0.2) is 9.18 Å². The molecule has 0 amide bonds. The van der Waals surface area contributed by atoms with Crippen LogP contribution in [-0.4, -0.2) is 11.1 Å². The van der Waals surface area contributed by atoms with Crippen molar-refractivity contribution in [3.63, 3.8) is 0 Å². The minimum absolute atomic E-state index is 0.0263. The van der Waals surface area contributed by atoms with E-state index in [0.29, 0.717) is 0 Å². The monoisotopic (exact) mass is 187 g/mol. The number of nitrogen functional groups attached to an aromatic ring is 1. The second-order valence-electron chi connectivity index (χ2n) is 2.20. The zero-order valence-corrected chi connectivity index (χ0v) is 6.81. The van der Waals surface area contributed by atoms with E-state index in [0.717, 1.165) is 12.1 Å². The number of benzene rings is 1. The summed E-state index contributed by atoms with van der Waals surface area (Å²) < 4.78 is 12.7. The molecular formula is C7H6FNO2S. The van der Waals surface area contributed by atoms with E-state index >= 15 is 0 Å². The van der Waals surface area contributed by atoms with Gasteiger partial charge in [-0.3, -0.25) is 0 Å². The van der Waals surface area contributed by atoms with E-state index in [1.165, 1.54) is 0 Å². The molecule has 0 fully saturated rings. The van der Waals surface area contributed by atoms with Crippen molar-refractivity contribution in [1.29, 1.82) is 0 Å². The molecule has 0 bridgehead atoms. The van der Waals surface area contributed by atoms with Crippen molar-refractivity contribution in [2.24, 2.45) is 0 Å². The molecular weight excluding hydrogens is 181 g/mol. The first-order chi connectivity index (χ1) is 5.52. The summed E-state index contributed by atoms with van der Waals surface area (Å²) in [5.74, 6) is -1.82. The predicted octanol–water partition coefficient (Wildman–Crippen LogP) is 1.39. The number of halogens is 1. The predicted molar refractivity (Wildman–Crippen MR) is 45.0 cm³/mol. The van der Waals surface area contributed by atoms with E-state index in [9.17, 15) is 9.18 Å². The van der Waals surface area contributed by atoms with Gasteiger partial charge in [0.2, 0.25) is 0 Å². The van der Waals surface area contributed by atoms with Crippen molar-refractivity contribution in [2.75, 3.05) is 5.73 Å². The summed E-state index contributed by atoms with van der Waals surface area (Å²) in [6.07, 6.45) is 0. The van der Waals surface area contributed by atoms with Gasteiger partial charge in [0.1, 0.15) is 5.82 Å². The fourth-order valence-corrected chi connectivity index (χ4v) is 0.956. The zero-order valence-electron chi connectivity index (χ0n) is 5.91. The first-order valence-electron chi connectivity index (χ1n) is 3.03. The fourth-order valence-electron chi connectivity index (χ4n) is 0.762. The highest BCUT2D eigenvalue weighted by atomic mass is 32.1. The van der Waals surface area contributed by atoms with Crippen LogP contribution in [0.2, 0.25) is 0 Å². The molecule has 64 valence electrons. The lowest BCUT2D eigenvalue weighted by Gasteiger charge is -2.01. The number of carboxylic acid groups (broad SMARTS) is 1. The Morgan fingerprint density at radius 1 is 1.58 bits per heavy atom. The van der Waals surface area contributed by atoms with Crippen LogP contribution in [0.3, 0.4) is 0 Å². The lowest BCUT2D eigenvalue weighted by molar-refractivity contribution is 0.0697. The molecule has 12 heavy (non-hydrogen) atoms. The molecule has 0 radical (unpaired) electrons. The van der Waals surface area contributed by atoms with Crippen LogP contribution in [0.5, 0.6) is 0 Å². The highest BCUT2D eigenvalue weighted by Crippen LogP contribution is 2.20. The van der Waals surface area contributed by atoms with Crippen molar-refractivity contribution >= 4 is 24.3 Å². The number of carbonyl (C=O) groups is 1. The number of hydrogen-bond donors (Lipinski definition) is 3. The number of thiol groups is 1. The quantitative estimate of drug-likeness (QED) is 0.460. The maximum atomic E-state index is 12.7. The number of hydrogen-bond acceptors (Lipinski definition) is 3. The molecule has 1 rings (SSSR count). The molecule has 1 aromatic carbocycles. The molecule has 0 heterocycles. The Kier molecular flexibility index (Phi) is 2.23. The summed E-state index contributed by atoms with van der Waals surface area (Å²) in [7, 11) is 0. The first kappa shape index (κ1) is 8.86. The standard InChI is InChI=1S/C7H6FNO2S/c8-4-2-5(9)3(7(10)11)1-6(4)12/h1-2,12H,9H2,(H,10,11). The van der Waals surface area contributed by atoms with Gasteiger partial charge in [-0.15, -0.1) is 12.6 Å². The van der Waals surface area contributed by atoms with Crippen LogP contribution >= 0.6 is 12.6 Å². The summed E-state index contributed by atoms with van der Waals surface area (Å²) in [6.45, 7) is 0. The molecule has 0 aliphatic carbocycles. The summed E-state index contributed by atoms with van der Waals surface area (Å²) >= 11 is 3.72. The molecule has 0 spiro atoms. The summed E-state index contributed by atoms with van der Waals surface area (Å²) in [5, 5.41) is 8.54. The highest BCUT2D eigenvalue weighted by Gasteiger charge is 2.10. The molecule has 3 nitrogen and oxygen atoms in total. The Morgan fingerprint density at radius 2 is 2.17 bits per heavy atom. The van der Waals surface area contributed by atoms with Crippen LogP contribution in [0.1, 0.15) is 10.4 Å². The number of aromatic carboxylic acids is 1. The van der Waals surface area contributed by atoms with Crippen molar-refractivity contribution in [3.8, 4) is 0 Å². The molecule has 0 saturated carbocycles. The van der Waals surface area contributed by atoms with Gasteiger partial charge in [0.05, 0.1) is 5.56 Å². The van der Waals surface area contributed by atoms with Crippen LogP contribution in [0.4, 0.5) is 10.1 Å². The Bertz CT molecular complexity index is 340. The number of anilines is 1. The summed E-state index contributed by atoms with van der Waals surface area (Å²) in [6, 6.07) is 2.02.